The third-order valence-corrected chi connectivity index (χ3v) is 4.49. The van der Waals surface area contributed by atoms with Crippen LogP contribution < -0.4 is 0 Å². The Labute approximate surface area is 98.8 Å². The van der Waals surface area contributed by atoms with Gasteiger partial charge in [0, 0.05) is 18.7 Å². The maximum absolute atomic E-state index is 10.4. The van der Waals surface area contributed by atoms with Crippen LogP contribution in [0.1, 0.15) is 39.5 Å². The van der Waals surface area contributed by atoms with Crippen LogP contribution in [0, 0.1) is 5.41 Å². The van der Waals surface area contributed by atoms with Gasteiger partial charge >= 0.3 is 0 Å². The second-order valence-corrected chi connectivity index (χ2v) is 6.08. The average Bonchev–Trinajstić information content (AvgIpc) is 2.74. The summed E-state index contributed by atoms with van der Waals surface area (Å²) in [7, 11) is 2.15. The third-order valence-electron chi connectivity index (χ3n) is 4.49. The smallest absolute Gasteiger partial charge is 0.0746 e. The van der Waals surface area contributed by atoms with E-state index in [0.717, 1.165) is 32.5 Å². The fourth-order valence-corrected chi connectivity index (χ4v) is 3.13. The number of likely N-dealkylation sites (N-methyl/N-ethyl adjacent to an activating group) is 1. The van der Waals surface area contributed by atoms with Crippen LogP contribution in [0.15, 0.2) is 0 Å². The second kappa shape index (κ2) is 4.63. The van der Waals surface area contributed by atoms with Crippen molar-refractivity contribution in [3.63, 3.8) is 0 Å². The van der Waals surface area contributed by atoms with Crippen molar-refractivity contribution in [1.29, 1.82) is 0 Å². The van der Waals surface area contributed by atoms with Gasteiger partial charge in [0.2, 0.25) is 0 Å². The maximum Gasteiger partial charge on any atom is 0.0746 e. The van der Waals surface area contributed by atoms with Gasteiger partial charge in [-0.05, 0) is 31.7 Å². The molecule has 2 fully saturated rings. The van der Waals surface area contributed by atoms with Crippen molar-refractivity contribution in [3.8, 4) is 0 Å². The molecule has 1 saturated heterocycles. The lowest BCUT2D eigenvalue weighted by Gasteiger charge is -2.46. The molecular formula is C13H25NO2. The summed E-state index contributed by atoms with van der Waals surface area (Å²) in [4.78, 5) is 2.36. The summed E-state index contributed by atoms with van der Waals surface area (Å²) < 4.78 is 5.43. The molecule has 3 atom stereocenters. The molecule has 0 aromatic carbocycles. The molecule has 3 unspecified atom stereocenters. The minimum absolute atomic E-state index is 0.0661. The Kier molecular flexibility index (Phi) is 3.57. The molecule has 2 aliphatic rings. The van der Waals surface area contributed by atoms with Crippen LogP contribution in [0.4, 0.5) is 0 Å². The zero-order valence-corrected chi connectivity index (χ0v) is 10.8. The molecule has 0 aromatic heterocycles. The lowest BCUT2D eigenvalue weighted by atomic mass is 9.72. The molecular weight excluding hydrogens is 202 g/mol. The van der Waals surface area contributed by atoms with Crippen LogP contribution in [-0.2, 0) is 4.74 Å². The van der Waals surface area contributed by atoms with E-state index in [1.807, 2.05) is 0 Å². The molecule has 1 saturated carbocycles. The van der Waals surface area contributed by atoms with Gasteiger partial charge in [0.05, 0.1) is 12.7 Å². The van der Waals surface area contributed by atoms with Crippen molar-refractivity contribution in [1.82, 2.24) is 4.90 Å². The average molecular weight is 227 g/mol. The van der Waals surface area contributed by atoms with Crippen molar-refractivity contribution in [2.75, 3.05) is 20.3 Å². The Morgan fingerprint density at radius 2 is 2.06 bits per heavy atom. The quantitative estimate of drug-likeness (QED) is 0.778. The molecule has 16 heavy (non-hydrogen) atoms. The summed E-state index contributed by atoms with van der Waals surface area (Å²) >= 11 is 0. The van der Waals surface area contributed by atoms with E-state index in [-0.39, 0.29) is 11.5 Å². The van der Waals surface area contributed by atoms with Crippen LogP contribution in [0.2, 0.25) is 0 Å². The predicted octanol–water partition coefficient (Wildman–Crippen LogP) is 1.65. The van der Waals surface area contributed by atoms with Crippen molar-refractivity contribution in [2.45, 2.75) is 57.7 Å². The lowest BCUT2D eigenvalue weighted by Crippen LogP contribution is -2.54. The van der Waals surface area contributed by atoms with Crippen molar-refractivity contribution >= 4 is 0 Å². The Hall–Kier alpha value is -0.120. The molecule has 94 valence electrons. The minimum atomic E-state index is -0.202. The van der Waals surface area contributed by atoms with E-state index in [0.29, 0.717) is 12.1 Å². The summed E-state index contributed by atoms with van der Waals surface area (Å²) in [5.74, 6) is 0. The van der Waals surface area contributed by atoms with Gasteiger partial charge in [-0.1, -0.05) is 20.3 Å². The molecule has 3 heteroatoms. The molecule has 0 radical (unpaired) electrons. The van der Waals surface area contributed by atoms with Crippen LogP contribution in [0.5, 0.6) is 0 Å². The highest BCUT2D eigenvalue weighted by Gasteiger charge is 2.41. The normalized spacial score (nSPS) is 39.2. The van der Waals surface area contributed by atoms with Crippen LogP contribution in [0.25, 0.3) is 0 Å². The summed E-state index contributed by atoms with van der Waals surface area (Å²) in [5.41, 5.74) is 0.0661. The molecule has 0 spiro atoms. The zero-order chi connectivity index (χ0) is 11.8. The van der Waals surface area contributed by atoms with E-state index in [2.05, 4.69) is 25.8 Å². The van der Waals surface area contributed by atoms with Crippen LogP contribution in [0.3, 0.4) is 0 Å². The standard InChI is InChI=1S/C13H25NO2/c1-13(2)7-4-5-11(12(13)15)14(3)10-6-8-16-9-10/h10-12,15H,4-9H2,1-3H3. The lowest BCUT2D eigenvalue weighted by molar-refractivity contribution is -0.0613. The number of ether oxygens (including phenoxy) is 1. The zero-order valence-electron chi connectivity index (χ0n) is 10.8. The number of aliphatic hydroxyl groups excluding tert-OH is 1. The highest BCUT2D eigenvalue weighted by Crippen LogP contribution is 2.38. The Morgan fingerprint density at radius 1 is 1.31 bits per heavy atom. The van der Waals surface area contributed by atoms with E-state index < -0.39 is 0 Å². The van der Waals surface area contributed by atoms with Gasteiger partial charge in [0.1, 0.15) is 0 Å². The molecule has 1 aliphatic carbocycles. The fourth-order valence-electron chi connectivity index (χ4n) is 3.13. The summed E-state index contributed by atoms with van der Waals surface area (Å²) in [6.07, 6.45) is 4.40. The maximum atomic E-state index is 10.4. The predicted molar refractivity (Wildman–Crippen MR) is 64.4 cm³/mol. The monoisotopic (exact) mass is 227 g/mol. The molecule has 2 rings (SSSR count). The van der Waals surface area contributed by atoms with E-state index in [9.17, 15) is 5.11 Å². The van der Waals surface area contributed by atoms with E-state index in [1.165, 1.54) is 6.42 Å². The Morgan fingerprint density at radius 3 is 2.69 bits per heavy atom. The Bertz CT molecular complexity index is 236. The van der Waals surface area contributed by atoms with Gasteiger partial charge in [-0.3, -0.25) is 4.90 Å². The number of nitrogens with zero attached hydrogens (tertiary/aromatic N) is 1. The van der Waals surface area contributed by atoms with Crippen LogP contribution in [-0.4, -0.2) is 48.5 Å². The van der Waals surface area contributed by atoms with Gasteiger partial charge in [-0.15, -0.1) is 0 Å². The number of hydrogen-bond donors (Lipinski definition) is 1. The number of aliphatic hydroxyl groups is 1. The molecule has 0 bridgehead atoms. The molecule has 0 aromatic rings. The first-order valence-electron chi connectivity index (χ1n) is 6.50. The summed E-state index contributed by atoms with van der Waals surface area (Å²) in [5, 5.41) is 10.4. The minimum Gasteiger partial charge on any atom is -0.391 e. The second-order valence-electron chi connectivity index (χ2n) is 6.08. The van der Waals surface area contributed by atoms with Gasteiger partial charge in [0.15, 0.2) is 0 Å². The molecule has 3 nitrogen and oxygen atoms in total. The van der Waals surface area contributed by atoms with Crippen molar-refractivity contribution < 1.29 is 9.84 Å². The summed E-state index contributed by atoms with van der Waals surface area (Å²) in [6.45, 7) is 6.08. The molecule has 1 heterocycles. The van der Waals surface area contributed by atoms with Gasteiger partial charge in [0.25, 0.3) is 0 Å². The van der Waals surface area contributed by atoms with Crippen molar-refractivity contribution in [3.05, 3.63) is 0 Å². The van der Waals surface area contributed by atoms with Gasteiger partial charge < -0.3 is 9.84 Å². The van der Waals surface area contributed by atoms with Crippen molar-refractivity contribution in [2.24, 2.45) is 5.41 Å². The number of rotatable bonds is 2. The fraction of sp³-hybridized carbons (Fsp3) is 1.00. The van der Waals surface area contributed by atoms with E-state index in [1.54, 1.807) is 0 Å². The summed E-state index contributed by atoms with van der Waals surface area (Å²) in [6, 6.07) is 0.823. The SMILES string of the molecule is CN(C1CCOC1)C1CCCC(C)(C)C1O. The molecule has 0 amide bonds. The van der Waals surface area contributed by atoms with Crippen LogP contribution >= 0.6 is 0 Å². The van der Waals surface area contributed by atoms with E-state index >= 15 is 0 Å². The molecule has 1 N–H and O–H groups in total. The number of hydrogen-bond acceptors (Lipinski definition) is 3. The van der Waals surface area contributed by atoms with Gasteiger partial charge in [-0.25, -0.2) is 0 Å². The van der Waals surface area contributed by atoms with Gasteiger partial charge in [-0.2, -0.15) is 0 Å². The highest BCUT2D eigenvalue weighted by molar-refractivity contribution is 4.94. The first kappa shape index (κ1) is 12.3. The Balaban J connectivity index is 2.01. The molecule has 1 aliphatic heterocycles. The third kappa shape index (κ3) is 2.27. The first-order valence-corrected chi connectivity index (χ1v) is 6.50. The first-order chi connectivity index (χ1) is 7.52. The largest absolute Gasteiger partial charge is 0.391 e. The van der Waals surface area contributed by atoms with E-state index in [4.69, 9.17) is 4.74 Å². The topological polar surface area (TPSA) is 32.7 Å². The highest BCUT2D eigenvalue weighted by atomic mass is 16.5.